The van der Waals surface area contributed by atoms with Gasteiger partial charge in [-0.1, -0.05) is 24.3 Å². The first-order valence-electron chi connectivity index (χ1n) is 6.41. The molecule has 0 radical (unpaired) electrons. The zero-order valence-electron chi connectivity index (χ0n) is 10.3. The number of benzene rings is 1. The Morgan fingerprint density at radius 3 is 2.89 bits per heavy atom. The Bertz CT molecular complexity index is 489. The summed E-state index contributed by atoms with van der Waals surface area (Å²) in [4.78, 5) is 1.31. The molecule has 1 aromatic heterocycles. The van der Waals surface area contributed by atoms with E-state index in [-0.39, 0.29) is 0 Å². The van der Waals surface area contributed by atoms with Crippen LogP contribution in [0.5, 0.6) is 0 Å². The second-order valence-corrected chi connectivity index (χ2v) is 5.53. The topological polar surface area (TPSA) is 21.3 Å². The first-order chi connectivity index (χ1) is 8.93. The number of rotatable bonds is 3. The molecular weight excluding hydrogens is 242 g/mol. The van der Waals surface area contributed by atoms with E-state index in [0.29, 0.717) is 6.04 Å². The molecule has 1 fully saturated rings. The van der Waals surface area contributed by atoms with Crippen LogP contribution in [0.2, 0.25) is 0 Å². The van der Waals surface area contributed by atoms with Crippen LogP contribution in [0.1, 0.15) is 12.8 Å². The fraction of sp³-hybridized carbons (Fsp3) is 0.333. The number of thiophene rings is 1. The molecule has 18 heavy (non-hydrogen) atoms. The molecule has 1 atom stereocenters. The number of hydrogen-bond acceptors (Lipinski definition) is 3. The lowest BCUT2D eigenvalue weighted by molar-refractivity contribution is 0.0876. The van der Waals surface area contributed by atoms with Gasteiger partial charge in [-0.25, -0.2) is 0 Å². The lowest BCUT2D eigenvalue weighted by atomic mass is 10.1. The van der Waals surface area contributed by atoms with Crippen LogP contribution in [0.3, 0.4) is 0 Å². The molecule has 2 nitrogen and oxygen atoms in total. The number of nitrogens with one attached hydrogen (secondary N) is 1. The zero-order valence-corrected chi connectivity index (χ0v) is 11.1. The summed E-state index contributed by atoms with van der Waals surface area (Å²) in [6.45, 7) is 1.73. The minimum Gasteiger partial charge on any atom is -0.379 e. The minimum atomic E-state index is 0.444. The molecule has 3 heteroatoms. The van der Waals surface area contributed by atoms with E-state index >= 15 is 0 Å². The Labute approximate surface area is 112 Å². The molecule has 0 bridgehead atoms. The molecule has 2 aromatic rings. The van der Waals surface area contributed by atoms with Crippen LogP contribution >= 0.6 is 11.3 Å². The van der Waals surface area contributed by atoms with Gasteiger partial charge in [-0.3, -0.25) is 0 Å². The molecule has 0 amide bonds. The fourth-order valence-corrected chi connectivity index (χ4v) is 3.10. The van der Waals surface area contributed by atoms with E-state index in [1.807, 2.05) is 0 Å². The summed E-state index contributed by atoms with van der Waals surface area (Å²) in [6.07, 6.45) is 2.34. The van der Waals surface area contributed by atoms with Crippen molar-refractivity contribution in [1.29, 1.82) is 0 Å². The Balaban J connectivity index is 1.83. The van der Waals surface area contributed by atoms with E-state index in [1.54, 1.807) is 11.3 Å². The van der Waals surface area contributed by atoms with Crippen molar-refractivity contribution in [2.24, 2.45) is 0 Å². The Morgan fingerprint density at radius 1 is 1.17 bits per heavy atom. The number of para-hydroxylation sites is 1. The summed E-state index contributed by atoms with van der Waals surface area (Å²) in [5.41, 5.74) is 2.51. The molecular formula is C15H17NOS. The van der Waals surface area contributed by atoms with Crippen LogP contribution in [-0.2, 0) is 4.74 Å². The Kier molecular flexibility index (Phi) is 3.62. The van der Waals surface area contributed by atoms with Crippen molar-refractivity contribution in [3.8, 4) is 10.4 Å². The Morgan fingerprint density at radius 2 is 2.11 bits per heavy atom. The third-order valence-electron chi connectivity index (χ3n) is 3.23. The van der Waals surface area contributed by atoms with Crippen LogP contribution in [0, 0.1) is 0 Å². The highest BCUT2D eigenvalue weighted by molar-refractivity contribution is 7.13. The van der Waals surface area contributed by atoms with E-state index in [4.69, 9.17) is 4.74 Å². The maximum atomic E-state index is 5.52. The van der Waals surface area contributed by atoms with Crippen molar-refractivity contribution < 1.29 is 4.74 Å². The molecule has 2 heterocycles. The van der Waals surface area contributed by atoms with E-state index in [0.717, 1.165) is 19.6 Å². The van der Waals surface area contributed by atoms with E-state index < -0.39 is 0 Å². The molecule has 94 valence electrons. The van der Waals surface area contributed by atoms with Gasteiger partial charge in [0.25, 0.3) is 0 Å². The van der Waals surface area contributed by atoms with E-state index in [9.17, 15) is 0 Å². The predicted octanol–water partition coefficient (Wildman–Crippen LogP) is 4.01. The van der Waals surface area contributed by atoms with Crippen LogP contribution < -0.4 is 5.32 Å². The molecule has 1 N–H and O–H groups in total. The molecule has 1 aliphatic heterocycles. The lowest BCUT2D eigenvalue weighted by Crippen LogP contribution is -2.30. The largest absolute Gasteiger partial charge is 0.379 e. The second-order valence-electron chi connectivity index (χ2n) is 4.58. The maximum absolute atomic E-state index is 5.52. The smallest absolute Gasteiger partial charge is 0.0667 e. The van der Waals surface area contributed by atoms with Crippen molar-refractivity contribution in [2.75, 3.05) is 18.5 Å². The van der Waals surface area contributed by atoms with Gasteiger partial charge in [-0.05, 0) is 30.4 Å². The second kappa shape index (κ2) is 5.55. The first-order valence-corrected chi connectivity index (χ1v) is 7.28. The molecule has 1 aliphatic rings. The van der Waals surface area contributed by atoms with Crippen molar-refractivity contribution in [1.82, 2.24) is 0 Å². The van der Waals surface area contributed by atoms with Gasteiger partial charge >= 0.3 is 0 Å². The van der Waals surface area contributed by atoms with Crippen LogP contribution in [-0.4, -0.2) is 19.3 Å². The van der Waals surface area contributed by atoms with E-state index in [1.165, 1.54) is 22.5 Å². The highest BCUT2D eigenvalue weighted by Crippen LogP contribution is 2.32. The normalized spacial score (nSPS) is 19.7. The van der Waals surface area contributed by atoms with Gasteiger partial charge < -0.3 is 10.1 Å². The molecule has 0 saturated carbocycles. The van der Waals surface area contributed by atoms with Crippen molar-refractivity contribution >= 4 is 17.0 Å². The summed E-state index contributed by atoms with van der Waals surface area (Å²) in [6, 6.07) is 13.2. The van der Waals surface area contributed by atoms with Crippen molar-refractivity contribution in [3.63, 3.8) is 0 Å². The van der Waals surface area contributed by atoms with Gasteiger partial charge in [-0.2, -0.15) is 0 Å². The molecule has 0 spiro atoms. The summed E-state index contributed by atoms with van der Waals surface area (Å²) in [5, 5.41) is 5.74. The molecule has 1 saturated heterocycles. The zero-order chi connectivity index (χ0) is 12.2. The summed E-state index contributed by atoms with van der Waals surface area (Å²) >= 11 is 1.78. The molecule has 3 rings (SSSR count). The van der Waals surface area contributed by atoms with Gasteiger partial charge in [0, 0.05) is 28.8 Å². The summed E-state index contributed by atoms with van der Waals surface area (Å²) in [5.74, 6) is 0. The molecule has 0 aliphatic carbocycles. The minimum absolute atomic E-state index is 0.444. The predicted molar refractivity (Wildman–Crippen MR) is 77.2 cm³/mol. The van der Waals surface area contributed by atoms with Crippen LogP contribution in [0.15, 0.2) is 41.8 Å². The quantitative estimate of drug-likeness (QED) is 0.899. The number of hydrogen-bond donors (Lipinski definition) is 1. The number of ether oxygens (including phenoxy) is 1. The van der Waals surface area contributed by atoms with E-state index in [2.05, 4.69) is 47.1 Å². The van der Waals surface area contributed by atoms with Gasteiger partial charge in [0.2, 0.25) is 0 Å². The average molecular weight is 259 g/mol. The van der Waals surface area contributed by atoms with Gasteiger partial charge in [0.05, 0.1) is 6.61 Å². The summed E-state index contributed by atoms with van der Waals surface area (Å²) in [7, 11) is 0. The third-order valence-corrected chi connectivity index (χ3v) is 4.14. The Hall–Kier alpha value is -1.32. The number of anilines is 1. The molecule has 1 aromatic carbocycles. The van der Waals surface area contributed by atoms with Crippen LogP contribution in [0.4, 0.5) is 5.69 Å². The van der Waals surface area contributed by atoms with Gasteiger partial charge in [0.1, 0.15) is 0 Å². The van der Waals surface area contributed by atoms with Crippen molar-refractivity contribution in [2.45, 2.75) is 18.9 Å². The molecule has 1 unspecified atom stereocenters. The fourth-order valence-electron chi connectivity index (χ4n) is 2.33. The SMILES string of the molecule is c1csc(-c2ccccc2NC2CCCOC2)c1. The summed E-state index contributed by atoms with van der Waals surface area (Å²) < 4.78 is 5.52. The highest BCUT2D eigenvalue weighted by atomic mass is 32.1. The average Bonchev–Trinajstić information content (AvgIpc) is 2.94. The first kappa shape index (κ1) is 11.8. The lowest BCUT2D eigenvalue weighted by Gasteiger charge is -2.25. The maximum Gasteiger partial charge on any atom is 0.0667 e. The van der Waals surface area contributed by atoms with Gasteiger partial charge in [0.15, 0.2) is 0 Å². The standard InChI is InChI=1S/C15H17NOS/c1-2-7-14(16-12-5-3-9-17-11-12)13(6-1)15-8-4-10-18-15/h1-2,4,6-8,10,12,16H,3,5,9,11H2. The monoisotopic (exact) mass is 259 g/mol. The highest BCUT2D eigenvalue weighted by Gasteiger charge is 2.15. The van der Waals surface area contributed by atoms with Crippen LogP contribution in [0.25, 0.3) is 10.4 Å². The van der Waals surface area contributed by atoms with Crippen molar-refractivity contribution in [3.05, 3.63) is 41.8 Å². The van der Waals surface area contributed by atoms with Gasteiger partial charge in [-0.15, -0.1) is 11.3 Å². The third kappa shape index (κ3) is 2.57.